The molecular weight excluding hydrogens is 1020 g/mol. The van der Waals surface area contributed by atoms with Gasteiger partial charge in [-0.15, -0.1) is 0 Å². The minimum absolute atomic E-state index is 0.00757. The highest BCUT2D eigenvalue weighted by Crippen LogP contribution is 2.41. The Balaban J connectivity index is 1.15. The average Bonchev–Trinajstić information content (AvgIpc) is 4.21. The lowest BCUT2D eigenvalue weighted by Crippen LogP contribution is -2.62. The summed E-state index contributed by atoms with van der Waals surface area (Å²) < 4.78 is 90.8. The van der Waals surface area contributed by atoms with E-state index >= 15 is 8.78 Å². The number of esters is 1. The Morgan fingerprint density at radius 1 is 0.897 bits per heavy atom. The molecule has 1 aliphatic carbocycles. The van der Waals surface area contributed by atoms with E-state index in [1.54, 1.807) is 51.2 Å². The summed E-state index contributed by atoms with van der Waals surface area (Å²) in [6.45, 7) is 8.34. The Hall–Kier alpha value is -6.67. The Kier molecular flexibility index (Phi) is 18.9. The van der Waals surface area contributed by atoms with Crippen LogP contribution in [0.1, 0.15) is 94.5 Å². The first-order valence-electron chi connectivity index (χ1n) is 26.0. The summed E-state index contributed by atoms with van der Waals surface area (Å²) in [5.74, 6) is 0.930. The van der Waals surface area contributed by atoms with E-state index < -0.39 is 102 Å². The molecule has 6 atom stereocenters. The second kappa shape index (κ2) is 25.0. The van der Waals surface area contributed by atoms with Gasteiger partial charge >= 0.3 is 18.2 Å². The monoisotopic (exact) mass is 1090 g/mol. The van der Waals surface area contributed by atoms with Crippen molar-refractivity contribution in [2.75, 3.05) is 52.0 Å². The van der Waals surface area contributed by atoms with Crippen molar-refractivity contribution in [1.82, 2.24) is 31.0 Å². The Morgan fingerprint density at radius 2 is 1.53 bits per heavy atom. The lowest BCUT2D eigenvalue weighted by molar-refractivity contribution is -0.220. The van der Waals surface area contributed by atoms with Crippen LogP contribution in [0, 0.1) is 40.2 Å². The molecule has 22 heteroatoms. The number of carbonyl (C=O) groups excluding carboxylic acids is 4. The predicted molar refractivity (Wildman–Crippen MR) is 281 cm³/mol. The number of fused-ring (bicyclic) bond motifs is 2. The molecule has 422 valence electrons. The largest absolute Gasteiger partial charge is 0.469 e. The number of ether oxygens (including phenoxy) is 3. The quantitative estimate of drug-likeness (QED) is 0.0298. The summed E-state index contributed by atoms with van der Waals surface area (Å²) >= 11 is 0. The molecule has 1 aromatic heterocycles. The standard InChI is InChI=1S/C56H70F5N9O8/c1-54(2,3)42(25-49(72)76-6)51(73)67-69(29-41-43(57)23-36(24-44(41)58)45(62)20-21-63-37-15-16-37)30-47(71)46(65-52(74)50(66-53(75)77-7)55(4,5)56(59,60)61)22-34-11-8-33(9-12-34)10-13-35-14-19-48(64-26-35)68-27-38-17-18-39(28-68)70(38)40-31-78-32-40/h8-9,11-12,14,19-21,23-24,26,37-40,42,46-47,50,71H,15-18,22,25,27-32,62H2,1-7H3,(H,65,74)(H,66,75)(H,67,73)/t38?,39?,42-,46+,47+,50-/m1/s1. The molecule has 2 bridgehead atoms. The van der Waals surface area contributed by atoms with Crippen LogP contribution >= 0.6 is 0 Å². The molecular formula is C56H70F5N9O8. The maximum absolute atomic E-state index is 16.1. The zero-order chi connectivity index (χ0) is 56.7. The Morgan fingerprint density at radius 3 is 2.06 bits per heavy atom. The number of aliphatic hydroxyl groups is 1. The molecule has 3 saturated heterocycles. The van der Waals surface area contributed by atoms with Gasteiger partial charge in [0.25, 0.3) is 0 Å². The molecule has 6 N–H and O–H groups in total. The van der Waals surface area contributed by atoms with Gasteiger partial charge in [0.05, 0.1) is 69.4 Å². The fourth-order valence-corrected chi connectivity index (χ4v) is 9.80. The number of pyridine rings is 1. The molecule has 3 aliphatic heterocycles. The van der Waals surface area contributed by atoms with E-state index in [2.05, 4.69) is 42.1 Å². The molecule has 2 unspecified atom stereocenters. The van der Waals surface area contributed by atoms with Gasteiger partial charge in [0, 0.05) is 78.6 Å². The van der Waals surface area contributed by atoms with Crippen molar-refractivity contribution in [2.24, 2.45) is 27.5 Å². The van der Waals surface area contributed by atoms with E-state index in [-0.39, 0.29) is 23.7 Å². The number of allylic oxidation sites excluding steroid dienone is 1. The number of piperazine rings is 1. The van der Waals surface area contributed by atoms with Gasteiger partial charge < -0.3 is 40.6 Å². The zero-order valence-electron chi connectivity index (χ0n) is 45.0. The minimum Gasteiger partial charge on any atom is -0.469 e. The molecule has 3 amide bonds. The molecule has 4 fully saturated rings. The van der Waals surface area contributed by atoms with Crippen LogP contribution in [-0.2, 0) is 41.6 Å². The number of aromatic nitrogens is 1. The van der Waals surface area contributed by atoms with Crippen molar-refractivity contribution in [3.8, 4) is 11.8 Å². The number of hydrogen-bond donors (Lipinski definition) is 5. The molecule has 78 heavy (non-hydrogen) atoms. The van der Waals surface area contributed by atoms with Crippen LogP contribution in [0.25, 0.3) is 5.70 Å². The van der Waals surface area contributed by atoms with Gasteiger partial charge in [-0.1, -0.05) is 44.7 Å². The summed E-state index contributed by atoms with van der Waals surface area (Å²) in [6, 6.07) is 10.2. The number of methoxy groups -OCH3 is 2. The number of hydrazine groups is 1. The summed E-state index contributed by atoms with van der Waals surface area (Å²) in [6.07, 6.45) is -0.176. The van der Waals surface area contributed by atoms with Crippen LogP contribution < -0.4 is 26.7 Å². The molecule has 1 saturated carbocycles. The summed E-state index contributed by atoms with van der Waals surface area (Å²) in [7, 11) is 2.05. The Labute approximate surface area is 451 Å². The highest BCUT2D eigenvalue weighted by Gasteiger charge is 2.56. The number of rotatable bonds is 20. The van der Waals surface area contributed by atoms with Gasteiger partial charge in [-0.2, -0.15) is 13.2 Å². The second-order valence-corrected chi connectivity index (χ2v) is 22.1. The first-order valence-corrected chi connectivity index (χ1v) is 26.0. The summed E-state index contributed by atoms with van der Waals surface area (Å²) in [5.41, 5.74) is 6.05. The highest BCUT2D eigenvalue weighted by atomic mass is 19.4. The molecule has 7 rings (SSSR count). The number of nitrogens with zero attached hydrogens (tertiary/aromatic N) is 5. The lowest BCUT2D eigenvalue weighted by Gasteiger charge is -2.47. The van der Waals surface area contributed by atoms with Crippen LogP contribution in [0.4, 0.5) is 32.6 Å². The van der Waals surface area contributed by atoms with Crippen LogP contribution in [0.15, 0.2) is 65.8 Å². The van der Waals surface area contributed by atoms with Crippen molar-refractivity contribution in [2.45, 2.75) is 128 Å². The minimum atomic E-state index is -5.05. The number of aliphatic imine (C=N–C) groups is 1. The third kappa shape index (κ3) is 14.9. The van der Waals surface area contributed by atoms with Gasteiger partial charge in [0.15, 0.2) is 0 Å². The van der Waals surface area contributed by atoms with Gasteiger partial charge in [-0.3, -0.25) is 29.7 Å². The first kappa shape index (κ1) is 59.0. The summed E-state index contributed by atoms with van der Waals surface area (Å²) in [5, 5.41) is 17.6. The molecule has 4 heterocycles. The molecule has 0 radical (unpaired) electrons. The number of hydrogen-bond acceptors (Lipinski definition) is 14. The first-order chi connectivity index (χ1) is 36.8. The fourth-order valence-electron chi connectivity index (χ4n) is 9.80. The number of nitrogens with one attached hydrogen (secondary N) is 3. The number of carbonyl (C=O) groups is 4. The number of alkyl carbamates (subject to hydrolysis) is 1. The second-order valence-electron chi connectivity index (χ2n) is 22.1. The van der Waals surface area contributed by atoms with Crippen molar-refractivity contribution >= 4 is 41.6 Å². The fraction of sp³-hybridized carbons (Fsp3) is 0.536. The molecule has 4 aliphatic rings. The average molecular weight is 1090 g/mol. The van der Waals surface area contributed by atoms with Gasteiger partial charge in [0.1, 0.15) is 23.5 Å². The number of anilines is 1. The van der Waals surface area contributed by atoms with E-state index in [1.165, 1.54) is 12.3 Å². The molecule has 2 aromatic carbocycles. The maximum Gasteiger partial charge on any atom is 0.407 e. The number of nitrogens with two attached hydrogens (primary N) is 1. The number of benzene rings is 2. The van der Waals surface area contributed by atoms with Crippen molar-refractivity contribution in [1.29, 1.82) is 0 Å². The number of alkyl halides is 3. The molecule has 3 aromatic rings. The molecule has 17 nitrogen and oxygen atoms in total. The highest BCUT2D eigenvalue weighted by molar-refractivity contribution is 5.87. The van der Waals surface area contributed by atoms with Crippen LogP contribution in [0.3, 0.4) is 0 Å². The van der Waals surface area contributed by atoms with E-state index in [1.807, 2.05) is 17.4 Å². The van der Waals surface area contributed by atoms with Crippen LogP contribution in [0.5, 0.6) is 0 Å². The van der Waals surface area contributed by atoms with Crippen molar-refractivity contribution in [3.05, 3.63) is 100 Å². The predicted octanol–water partition coefficient (Wildman–Crippen LogP) is 5.80. The van der Waals surface area contributed by atoms with Crippen LogP contribution in [-0.4, -0.2) is 146 Å². The van der Waals surface area contributed by atoms with E-state index in [9.17, 15) is 37.5 Å². The SMILES string of the molecule is COC(=O)C[C@H](C(=O)NN(Cc1c(F)cc(C(N)=CC=NC2CC2)cc1F)C[C@H](O)[C@H](Cc1ccc(C#Cc2ccc(N3CC4CCC(C3)N4C3COC3)nc2)cc1)NC(=O)[C@@H](NC(=O)OC)C(C)(C)C(F)(F)F)C(C)(C)C. The summed E-state index contributed by atoms with van der Waals surface area (Å²) in [4.78, 5) is 67.2. The van der Waals surface area contributed by atoms with Crippen LogP contribution in [0.2, 0.25) is 0 Å². The smallest absolute Gasteiger partial charge is 0.407 e. The third-order valence-corrected chi connectivity index (χ3v) is 14.9. The number of amides is 3. The van der Waals surface area contributed by atoms with Gasteiger partial charge in [-0.05, 0) is 99.4 Å². The van der Waals surface area contributed by atoms with E-state index in [4.69, 9.17) is 20.2 Å². The van der Waals surface area contributed by atoms with E-state index in [0.717, 1.165) is 89.2 Å². The molecule has 0 spiro atoms. The zero-order valence-corrected chi connectivity index (χ0v) is 45.0. The lowest BCUT2D eigenvalue weighted by atomic mass is 9.78. The normalized spacial score (nSPS) is 19.8. The maximum atomic E-state index is 16.1. The van der Waals surface area contributed by atoms with E-state index in [0.29, 0.717) is 48.7 Å². The topological polar surface area (TPSA) is 213 Å². The number of aliphatic hydroxyl groups excluding tert-OH is 1. The van der Waals surface area contributed by atoms with Gasteiger partial charge in [-0.25, -0.2) is 23.6 Å². The number of halogens is 5. The third-order valence-electron chi connectivity index (χ3n) is 14.9. The van der Waals surface area contributed by atoms with Gasteiger partial charge in [0.2, 0.25) is 11.8 Å². The van der Waals surface area contributed by atoms with Crippen molar-refractivity contribution < 1.29 is 60.4 Å². The van der Waals surface area contributed by atoms with Crippen molar-refractivity contribution in [3.63, 3.8) is 0 Å². The Bertz CT molecular complexity index is 2720.